The standard InChI is InChI=1S/C10H17IN2O/c1-3-5-14-13-10-7-12-8(4-2)6-9(10)11/h3,6,8,10,12-13H,1,4-5,7H2,2H3/t8-,10+/m1/s1. The lowest BCUT2D eigenvalue weighted by Crippen LogP contribution is -2.46. The van der Waals surface area contributed by atoms with Crippen LogP contribution in [0.2, 0.25) is 0 Å². The number of rotatable bonds is 5. The van der Waals surface area contributed by atoms with Gasteiger partial charge in [0.2, 0.25) is 0 Å². The average molecular weight is 308 g/mol. The van der Waals surface area contributed by atoms with Crippen molar-refractivity contribution in [1.82, 2.24) is 10.8 Å². The molecule has 14 heavy (non-hydrogen) atoms. The Morgan fingerprint density at radius 1 is 1.86 bits per heavy atom. The van der Waals surface area contributed by atoms with Crippen LogP contribution in [0.1, 0.15) is 13.3 Å². The molecule has 0 aromatic carbocycles. The zero-order chi connectivity index (χ0) is 10.4. The van der Waals surface area contributed by atoms with Crippen molar-refractivity contribution in [3.05, 3.63) is 22.3 Å². The first-order chi connectivity index (χ1) is 6.77. The van der Waals surface area contributed by atoms with Crippen molar-refractivity contribution in [2.45, 2.75) is 25.4 Å². The fourth-order valence-electron chi connectivity index (χ4n) is 1.30. The van der Waals surface area contributed by atoms with E-state index in [1.165, 1.54) is 3.58 Å². The molecule has 0 fully saturated rings. The van der Waals surface area contributed by atoms with E-state index in [1.807, 2.05) is 0 Å². The second-order valence-corrected chi connectivity index (χ2v) is 4.49. The molecule has 0 aliphatic carbocycles. The van der Waals surface area contributed by atoms with Crippen molar-refractivity contribution in [3.8, 4) is 0 Å². The van der Waals surface area contributed by atoms with Gasteiger partial charge < -0.3 is 5.32 Å². The van der Waals surface area contributed by atoms with E-state index in [9.17, 15) is 0 Å². The second-order valence-electron chi connectivity index (χ2n) is 3.24. The quantitative estimate of drug-likeness (QED) is 0.351. The summed E-state index contributed by atoms with van der Waals surface area (Å²) in [6, 6.07) is 0.790. The summed E-state index contributed by atoms with van der Waals surface area (Å²) >= 11 is 2.36. The Hall–Kier alpha value is 0.0900. The van der Waals surface area contributed by atoms with Crippen LogP contribution in [0, 0.1) is 0 Å². The Kier molecular flexibility index (Phi) is 5.69. The SMILES string of the molecule is C=CCON[C@H]1CN[C@H](CC)C=C1I. The van der Waals surface area contributed by atoms with Gasteiger partial charge in [0.05, 0.1) is 12.6 Å². The highest BCUT2D eigenvalue weighted by Gasteiger charge is 2.19. The summed E-state index contributed by atoms with van der Waals surface area (Å²) in [5.41, 5.74) is 3.01. The van der Waals surface area contributed by atoms with Gasteiger partial charge in [0.25, 0.3) is 0 Å². The second kappa shape index (κ2) is 6.55. The third kappa shape index (κ3) is 3.68. The molecule has 0 saturated heterocycles. The normalized spacial score (nSPS) is 27.1. The van der Waals surface area contributed by atoms with Crippen LogP contribution in [-0.4, -0.2) is 25.2 Å². The van der Waals surface area contributed by atoms with E-state index >= 15 is 0 Å². The molecular weight excluding hydrogens is 291 g/mol. The number of nitrogens with one attached hydrogen (secondary N) is 2. The molecule has 0 radical (unpaired) electrons. The van der Waals surface area contributed by atoms with Crippen molar-refractivity contribution < 1.29 is 4.84 Å². The summed E-state index contributed by atoms with van der Waals surface area (Å²) in [7, 11) is 0. The third-order valence-corrected chi connectivity index (χ3v) is 3.26. The lowest BCUT2D eigenvalue weighted by molar-refractivity contribution is 0.0443. The van der Waals surface area contributed by atoms with Gasteiger partial charge in [0.15, 0.2) is 0 Å². The van der Waals surface area contributed by atoms with Gasteiger partial charge in [-0.2, -0.15) is 5.48 Å². The van der Waals surface area contributed by atoms with Gasteiger partial charge in [-0.05, 0) is 29.0 Å². The molecule has 80 valence electrons. The smallest absolute Gasteiger partial charge is 0.0861 e. The van der Waals surface area contributed by atoms with Gasteiger partial charge in [-0.15, -0.1) is 6.58 Å². The molecule has 1 rings (SSSR count). The van der Waals surface area contributed by atoms with E-state index in [0.717, 1.165) is 13.0 Å². The van der Waals surface area contributed by atoms with Crippen molar-refractivity contribution in [2.24, 2.45) is 0 Å². The highest BCUT2D eigenvalue weighted by molar-refractivity contribution is 14.1. The number of hydroxylamine groups is 1. The van der Waals surface area contributed by atoms with Gasteiger partial charge in [-0.25, -0.2) is 0 Å². The van der Waals surface area contributed by atoms with Gasteiger partial charge in [-0.3, -0.25) is 4.84 Å². The summed E-state index contributed by atoms with van der Waals surface area (Å²) in [6.07, 6.45) is 5.11. The van der Waals surface area contributed by atoms with E-state index in [1.54, 1.807) is 6.08 Å². The van der Waals surface area contributed by atoms with Crippen LogP contribution in [0.3, 0.4) is 0 Å². The van der Waals surface area contributed by atoms with E-state index in [-0.39, 0.29) is 6.04 Å². The zero-order valence-corrected chi connectivity index (χ0v) is 10.6. The van der Waals surface area contributed by atoms with Crippen molar-refractivity contribution in [2.75, 3.05) is 13.2 Å². The first-order valence-electron chi connectivity index (χ1n) is 4.86. The molecule has 0 spiro atoms. The van der Waals surface area contributed by atoms with E-state index in [2.05, 4.69) is 53.0 Å². The number of halogens is 1. The van der Waals surface area contributed by atoms with Crippen LogP contribution in [0.4, 0.5) is 0 Å². The molecule has 0 saturated carbocycles. The minimum atomic E-state index is 0.276. The van der Waals surface area contributed by atoms with Crippen molar-refractivity contribution in [3.63, 3.8) is 0 Å². The monoisotopic (exact) mass is 308 g/mol. The van der Waals surface area contributed by atoms with Gasteiger partial charge >= 0.3 is 0 Å². The van der Waals surface area contributed by atoms with Gasteiger partial charge in [0.1, 0.15) is 0 Å². The Morgan fingerprint density at radius 3 is 3.21 bits per heavy atom. The minimum absolute atomic E-state index is 0.276. The van der Waals surface area contributed by atoms with E-state index < -0.39 is 0 Å². The molecule has 2 N–H and O–H groups in total. The molecule has 2 atom stereocenters. The molecule has 1 aliphatic rings. The lowest BCUT2D eigenvalue weighted by Gasteiger charge is -2.27. The van der Waals surface area contributed by atoms with Crippen LogP contribution in [0.15, 0.2) is 22.3 Å². The summed E-state index contributed by atoms with van der Waals surface area (Å²) in [5.74, 6) is 0. The van der Waals surface area contributed by atoms with Crippen LogP contribution in [0.5, 0.6) is 0 Å². The molecular formula is C10H17IN2O. The van der Waals surface area contributed by atoms with E-state index in [4.69, 9.17) is 4.84 Å². The molecule has 1 heterocycles. The molecule has 0 amide bonds. The maximum Gasteiger partial charge on any atom is 0.0861 e. The average Bonchev–Trinajstić information content (AvgIpc) is 2.20. The summed E-state index contributed by atoms with van der Waals surface area (Å²) in [5, 5.41) is 3.43. The number of hydrogen-bond acceptors (Lipinski definition) is 3. The third-order valence-electron chi connectivity index (χ3n) is 2.14. The summed E-state index contributed by atoms with van der Waals surface area (Å²) < 4.78 is 1.32. The first kappa shape index (κ1) is 12.2. The predicted molar refractivity (Wildman–Crippen MR) is 67.3 cm³/mol. The zero-order valence-electron chi connectivity index (χ0n) is 8.42. The summed E-state index contributed by atoms with van der Waals surface area (Å²) in [4.78, 5) is 5.21. The Balaban J connectivity index is 2.37. The van der Waals surface area contributed by atoms with Crippen molar-refractivity contribution in [1.29, 1.82) is 0 Å². The highest BCUT2D eigenvalue weighted by atomic mass is 127. The topological polar surface area (TPSA) is 33.3 Å². The molecule has 0 aromatic rings. The molecule has 3 nitrogen and oxygen atoms in total. The molecule has 0 bridgehead atoms. The molecule has 1 aliphatic heterocycles. The molecule has 4 heteroatoms. The van der Waals surface area contributed by atoms with Crippen LogP contribution >= 0.6 is 22.6 Å². The van der Waals surface area contributed by atoms with Gasteiger partial charge in [0, 0.05) is 16.2 Å². The van der Waals surface area contributed by atoms with Crippen LogP contribution < -0.4 is 10.8 Å². The van der Waals surface area contributed by atoms with Crippen LogP contribution in [-0.2, 0) is 4.84 Å². The maximum absolute atomic E-state index is 5.21. The first-order valence-corrected chi connectivity index (χ1v) is 5.94. The Labute approximate surface area is 99.1 Å². The summed E-state index contributed by atoms with van der Waals surface area (Å²) in [6.45, 7) is 7.23. The Morgan fingerprint density at radius 2 is 2.64 bits per heavy atom. The number of hydrogen-bond donors (Lipinski definition) is 2. The van der Waals surface area contributed by atoms with Gasteiger partial charge in [-0.1, -0.05) is 19.1 Å². The molecule has 0 aromatic heterocycles. The predicted octanol–water partition coefficient (Wildman–Crippen LogP) is 1.76. The largest absolute Gasteiger partial charge is 0.308 e. The Bertz CT molecular complexity index is 218. The van der Waals surface area contributed by atoms with Crippen molar-refractivity contribution >= 4 is 22.6 Å². The maximum atomic E-state index is 5.21. The molecule has 0 unspecified atom stereocenters. The lowest BCUT2D eigenvalue weighted by atomic mass is 10.1. The fourth-order valence-corrected chi connectivity index (χ4v) is 2.08. The highest BCUT2D eigenvalue weighted by Crippen LogP contribution is 2.17. The fraction of sp³-hybridized carbons (Fsp3) is 0.600. The minimum Gasteiger partial charge on any atom is -0.308 e. The van der Waals surface area contributed by atoms with E-state index in [0.29, 0.717) is 12.6 Å². The van der Waals surface area contributed by atoms with Crippen LogP contribution in [0.25, 0.3) is 0 Å².